The third-order valence-electron chi connectivity index (χ3n) is 8.60. The molecular formula is C32H32ClF3N4O5S. The summed E-state index contributed by atoms with van der Waals surface area (Å²) in [6.45, 7) is 4.76. The van der Waals surface area contributed by atoms with E-state index in [4.69, 9.17) is 21.3 Å². The van der Waals surface area contributed by atoms with E-state index in [0.29, 0.717) is 82.3 Å². The van der Waals surface area contributed by atoms with E-state index in [0.717, 1.165) is 11.3 Å². The fourth-order valence-electron chi connectivity index (χ4n) is 6.54. The number of aryl methyl sites for hydroxylation is 3. The number of thiophene rings is 1. The van der Waals surface area contributed by atoms with Crippen molar-refractivity contribution in [3.8, 4) is 16.9 Å². The maximum Gasteiger partial charge on any atom is 0.522 e. The lowest BCUT2D eigenvalue weighted by atomic mass is 9.90. The summed E-state index contributed by atoms with van der Waals surface area (Å²) < 4.78 is 51.4. The standard InChI is InChI=1S/C32H32ClF3N4O5S/c1-17-12-23(29-28(37-17)25(16-46-29)31(42)43)22-13-19(33)5-8-27(22)44-11-10-40-18(2)38-26-7-6-20(14-24(26)30(40)41)39-9-3-4-21(15-39)45-32(34,35)36/h5,8,12-13,16,20-21H,3-4,6-7,9-11,14-15H2,1-2H3,(H,42,43)/t20-,21+/m1/s1. The maximum atomic E-state index is 13.7. The molecule has 1 aliphatic heterocycles. The lowest BCUT2D eigenvalue weighted by Gasteiger charge is -2.40. The summed E-state index contributed by atoms with van der Waals surface area (Å²) in [5, 5.41) is 11.7. The number of pyridine rings is 1. The molecule has 1 aromatic carbocycles. The van der Waals surface area contributed by atoms with E-state index in [1.165, 1.54) is 11.3 Å². The molecule has 1 saturated heterocycles. The number of carboxylic acids is 1. The predicted molar refractivity (Wildman–Crippen MR) is 168 cm³/mol. The summed E-state index contributed by atoms with van der Waals surface area (Å²) in [5.41, 5.74) is 3.74. The van der Waals surface area contributed by atoms with Crippen LogP contribution in [-0.4, -0.2) is 68.7 Å². The van der Waals surface area contributed by atoms with Crippen LogP contribution in [0.25, 0.3) is 21.3 Å². The molecule has 1 N–H and O–H groups in total. The Morgan fingerprint density at radius 1 is 1.17 bits per heavy atom. The van der Waals surface area contributed by atoms with Gasteiger partial charge >= 0.3 is 12.3 Å². The first kappa shape index (κ1) is 32.4. The maximum absolute atomic E-state index is 13.7. The van der Waals surface area contributed by atoms with E-state index in [1.807, 2.05) is 11.0 Å². The zero-order chi connectivity index (χ0) is 32.7. The predicted octanol–water partition coefficient (Wildman–Crippen LogP) is 6.43. The number of carbonyl (C=O) groups is 1. The van der Waals surface area contributed by atoms with Crippen LogP contribution in [0, 0.1) is 13.8 Å². The van der Waals surface area contributed by atoms with Crippen LogP contribution in [0.5, 0.6) is 5.75 Å². The minimum absolute atomic E-state index is 0.0646. The molecule has 1 aliphatic carbocycles. The molecule has 0 amide bonds. The number of alkyl halides is 3. The van der Waals surface area contributed by atoms with Gasteiger partial charge in [-0.1, -0.05) is 11.6 Å². The molecule has 9 nitrogen and oxygen atoms in total. The molecule has 2 aliphatic rings. The molecule has 14 heteroatoms. The largest absolute Gasteiger partial charge is 0.522 e. The average molecular weight is 677 g/mol. The fraction of sp³-hybridized carbons (Fsp3) is 0.438. The van der Waals surface area contributed by atoms with Crippen molar-refractivity contribution in [2.75, 3.05) is 19.7 Å². The van der Waals surface area contributed by atoms with Crippen LogP contribution < -0.4 is 10.3 Å². The van der Waals surface area contributed by atoms with Gasteiger partial charge in [0, 0.05) is 45.4 Å². The number of fused-ring (bicyclic) bond motifs is 2. The van der Waals surface area contributed by atoms with E-state index >= 15 is 0 Å². The van der Waals surface area contributed by atoms with Crippen LogP contribution >= 0.6 is 22.9 Å². The molecule has 0 spiro atoms. The number of hydrogen-bond donors (Lipinski definition) is 1. The van der Waals surface area contributed by atoms with Gasteiger partial charge in [-0.05, 0) is 76.8 Å². The second kappa shape index (κ2) is 12.9. The highest BCUT2D eigenvalue weighted by Gasteiger charge is 2.37. The van der Waals surface area contributed by atoms with E-state index < -0.39 is 18.4 Å². The highest BCUT2D eigenvalue weighted by Crippen LogP contribution is 2.40. The Morgan fingerprint density at radius 3 is 2.74 bits per heavy atom. The van der Waals surface area contributed by atoms with E-state index in [2.05, 4.69) is 9.72 Å². The van der Waals surface area contributed by atoms with Crippen molar-refractivity contribution in [1.29, 1.82) is 0 Å². The number of hydrogen-bond acceptors (Lipinski definition) is 8. The summed E-state index contributed by atoms with van der Waals surface area (Å²) in [6, 6.07) is 7.00. The van der Waals surface area contributed by atoms with Crippen molar-refractivity contribution < 1.29 is 32.5 Å². The van der Waals surface area contributed by atoms with Gasteiger partial charge in [0.25, 0.3) is 5.56 Å². The second-order valence-electron chi connectivity index (χ2n) is 11.7. The molecular weight excluding hydrogens is 645 g/mol. The van der Waals surface area contributed by atoms with Gasteiger partial charge in [0.2, 0.25) is 0 Å². The van der Waals surface area contributed by atoms with Crippen molar-refractivity contribution >= 4 is 39.1 Å². The van der Waals surface area contributed by atoms with Crippen LogP contribution in [0.15, 0.2) is 34.4 Å². The third kappa shape index (κ3) is 6.78. The molecule has 0 bridgehead atoms. The van der Waals surface area contributed by atoms with Crippen LogP contribution in [0.4, 0.5) is 13.2 Å². The quantitative estimate of drug-likeness (QED) is 0.228. The molecule has 2 atom stereocenters. The number of likely N-dealkylation sites (tertiary alicyclic amines) is 1. The molecule has 4 aromatic rings. The summed E-state index contributed by atoms with van der Waals surface area (Å²) in [6.07, 6.45) is -2.93. The van der Waals surface area contributed by atoms with Crippen molar-refractivity contribution in [1.82, 2.24) is 19.4 Å². The number of aromatic nitrogens is 3. The monoisotopic (exact) mass is 676 g/mol. The van der Waals surface area contributed by atoms with Gasteiger partial charge in [0.15, 0.2) is 0 Å². The third-order valence-corrected chi connectivity index (χ3v) is 9.84. The van der Waals surface area contributed by atoms with E-state index in [1.54, 1.807) is 42.0 Å². The lowest BCUT2D eigenvalue weighted by Crippen LogP contribution is -2.49. The molecule has 4 heterocycles. The zero-order valence-electron chi connectivity index (χ0n) is 25.2. The fourth-order valence-corrected chi connectivity index (χ4v) is 7.72. The number of benzene rings is 1. The molecule has 244 valence electrons. The van der Waals surface area contributed by atoms with Gasteiger partial charge in [-0.3, -0.25) is 24.0 Å². The molecule has 0 saturated carbocycles. The molecule has 3 aromatic heterocycles. The van der Waals surface area contributed by atoms with Gasteiger partial charge in [-0.2, -0.15) is 0 Å². The van der Waals surface area contributed by atoms with Crippen molar-refractivity contribution in [3.63, 3.8) is 0 Å². The summed E-state index contributed by atoms with van der Waals surface area (Å²) in [4.78, 5) is 36.7. The number of rotatable bonds is 8. The SMILES string of the molecule is Cc1cc(-c2cc(Cl)ccc2OCCn2c(C)nc3c(c2=O)C[C@H](N2CCC[C@H](OC(F)(F)F)C2)CC3)c2scc(C(=O)O)c2n1. The number of piperidine rings is 1. The number of ether oxygens (including phenoxy) is 2. The summed E-state index contributed by atoms with van der Waals surface area (Å²) >= 11 is 7.66. The summed E-state index contributed by atoms with van der Waals surface area (Å²) in [5.74, 6) is 0.0169. The Kier molecular flexibility index (Phi) is 9.12. The first-order chi connectivity index (χ1) is 21.9. The minimum atomic E-state index is -4.67. The Morgan fingerprint density at radius 2 is 1.98 bits per heavy atom. The van der Waals surface area contributed by atoms with Crippen LogP contribution in [-0.2, 0) is 24.1 Å². The van der Waals surface area contributed by atoms with Gasteiger partial charge < -0.3 is 9.84 Å². The van der Waals surface area contributed by atoms with E-state index in [-0.39, 0.29) is 36.9 Å². The number of carboxylic acid groups (broad SMARTS) is 1. The number of nitrogens with zero attached hydrogens (tertiary/aromatic N) is 4. The van der Waals surface area contributed by atoms with Gasteiger partial charge in [0.05, 0.1) is 34.1 Å². The van der Waals surface area contributed by atoms with E-state index in [9.17, 15) is 27.9 Å². The van der Waals surface area contributed by atoms with Crippen molar-refractivity contribution in [2.24, 2.45) is 0 Å². The first-order valence-electron chi connectivity index (χ1n) is 15.0. The van der Waals surface area contributed by atoms with Gasteiger partial charge in [-0.15, -0.1) is 24.5 Å². The Labute approximate surface area is 271 Å². The summed E-state index contributed by atoms with van der Waals surface area (Å²) in [7, 11) is 0. The van der Waals surface area contributed by atoms with Gasteiger partial charge in [-0.25, -0.2) is 9.78 Å². The number of halogens is 4. The van der Waals surface area contributed by atoms with Crippen LogP contribution in [0.1, 0.15) is 52.4 Å². The minimum Gasteiger partial charge on any atom is -0.491 e. The molecule has 46 heavy (non-hydrogen) atoms. The molecule has 1 fully saturated rings. The van der Waals surface area contributed by atoms with Crippen LogP contribution in [0.2, 0.25) is 5.02 Å². The number of aromatic carboxylic acids is 1. The Balaban J connectivity index is 1.21. The Hall–Kier alpha value is -3.52. The van der Waals surface area contributed by atoms with Crippen LogP contribution in [0.3, 0.4) is 0 Å². The molecule has 0 unspecified atom stereocenters. The zero-order valence-corrected chi connectivity index (χ0v) is 26.8. The lowest BCUT2D eigenvalue weighted by molar-refractivity contribution is -0.346. The second-order valence-corrected chi connectivity index (χ2v) is 13.0. The van der Waals surface area contributed by atoms with Gasteiger partial charge in [0.1, 0.15) is 18.2 Å². The van der Waals surface area contributed by atoms with Crippen molar-refractivity contribution in [3.05, 3.63) is 73.4 Å². The molecule has 0 radical (unpaired) electrons. The highest BCUT2D eigenvalue weighted by molar-refractivity contribution is 7.18. The normalized spacial score (nSPS) is 18.9. The Bertz CT molecular complexity index is 1860. The first-order valence-corrected chi connectivity index (χ1v) is 16.3. The smallest absolute Gasteiger partial charge is 0.491 e. The average Bonchev–Trinajstić information content (AvgIpc) is 3.42. The highest BCUT2D eigenvalue weighted by atomic mass is 35.5. The topological polar surface area (TPSA) is 107 Å². The van der Waals surface area contributed by atoms with Crippen molar-refractivity contribution in [2.45, 2.75) is 71.0 Å². The molecule has 6 rings (SSSR count).